The van der Waals surface area contributed by atoms with Gasteiger partial charge in [0, 0.05) is 25.3 Å². The number of likely N-dealkylation sites (N-methyl/N-ethyl adjacent to an activating group) is 1. The van der Waals surface area contributed by atoms with Crippen LogP contribution in [0.15, 0.2) is 0 Å². The van der Waals surface area contributed by atoms with E-state index in [4.69, 9.17) is 0 Å². The molecule has 0 spiro atoms. The number of carbonyl (C=O) groups excluding carboxylic acids is 1. The smallest absolute Gasteiger partial charge is 0.223 e. The first-order chi connectivity index (χ1) is 5.37. The highest BCUT2D eigenvalue weighted by Crippen LogP contribution is 2.04. The maximum atomic E-state index is 11.2. The largest absolute Gasteiger partial charge is 0.389 e. The Morgan fingerprint density at radius 1 is 1.58 bits per heavy atom. The molecule has 0 atom stereocenters. The monoisotopic (exact) mass is 237 g/mol. The van der Waals surface area contributed by atoms with E-state index in [0.29, 0.717) is 18.3 Å². The molecule has 0 aromatic carbocycles. The lowest BCUT2D eigenvalue weighted by atomic mass is 10.1. The Labute approximate surface area is 81.9 Å². The molecule has 0 fully saturated rings. The zero-order valence-electron chi connectivity index (χ0n) is 7.80. The minimum absolute atomic E-state index is 0.0500. The first-order valence-electron chi connectivity index (χ1n) is 3.89. The van der Waals surface area contributed by atoms with E-state index in [9.17, 15) is 9.90 Å². The van der Waals surface area contributed by atoms with E-state index in [-0.39, 0.29) is 5.91 Å². The van der Waals surface area contributed by atoms with E-state index in [0.717, 1.165) is 0 Å². The van der Waals surface area contributed by atoms with E-state index in [1.54, 1.807) is 25.8 Å². The van der Waals surface area contributed by atoms with Crippen molar-refractivity contribution in [2.45, 2.75) is 25.9 Å². The van der Waals surface area contributed by atoms with Crippen LogP contribution in [0.2, 0.25) is 0 Å². The lowest BCUT2D eigenvalue weighted by Crippen LogP contribution is -2.39. The number of hydrogen-bond donors (Lipinski definition) is 1. The van der Waals surface area contributed by atoms with Crippen LogP contribution in [0.3, 0.4) is 0 Å². The molecule has 0 unspecified atom stereocenters. The van der Waals surface area contributed by atoms with Gasteiger partial charge in [-0.15, -0.1) is 0 Å². The molecule has 1 N–H and O–H groups in total. The lowest BCUT2D eigenvalue weighted by molar-refractivity contribution is -0.132. The van der Waals surface area contributed by atoms with Gasteiger partial charge in [0.2, 0.25) is 5.91 Å². The number of alkyl halides is 1. The van der Waals surface area contributed by atoms with Crippen molar-refractivity contribution in [2.24, 2.45) is 0 Å². The van der Waals surface area contributed by atoms with Crippen molar-refractivity contribution in [2.75, 3.05) is 18.9 Å². The van der Waals surface area contributed by atoms with Gasteiger partial charge in [-0.1, -0.05) is 15.9 Å². The fraction of sp³-hybridized carbons (Fsp3) is 0.875. The van der Waals surface area contributed by atoms with Crippen LogP contribution >= 0.6 is 15.9 Å². The SMILES string of the molecule is CN(CC(C)(C)O)C(=O)CCBr. The van der Waals surface area contributed by atoms with Crippen LogP contribution in [0.1, 0.15) is 20.3 Å². The topological polar surface area (TPSA) is 40.5 Å². The fourth-order valence-electron chi connectivity index (χ4n) is 0.940. The van der Waals surface area contributed by atoms with Gasteiger partial charge in [0.05, 0.1) is 5.60 Å². The summed E-state index contributed by atoms with van der Waals surface area (Å²) in [5.74, 6) is 0.0500. The van der Waals surface area contributed by atoms with Gasteiger partial charge in [-0.25, -0.2) is 0 Å². The Morgan fingerprint density at radius 2 is 2.08 bits per heavy atom. The third-order valence-electron chi connectivity index (χ3n) is 1.36. The summed E-state index contributed by atoms with van der Waals surface area (Å²) in [5.41, 5.74) is -0.809. The molecule has 0 aliphatic carbocycles. The van der Waals surface area contributed by atoms with E-state index < -0.39 is 5.60 Å². The zero-order valence-corrected chi connectivity index (χ0v) is 9.39. The summed E-state index contributed by atoms with van der Waals surface area (Å²) in [7, 11) is 1.70. The van der Waals surface area contributed by atoms with Gasteiger partial charge in [-0.3, -0.25) is 4.79 Å². The maximum absolute atomic E-state index is 11.2. The minimum atomic E-state index is -0.809. The van der Waals surface area contributed by atoms with Crippen molar-refractivity contribution in [3.05, 3.63) is 0 Å². The number of carbonyl (C=O) groups is 1. The molecule has 0 heterocycles. The van der Waals surface area contributed by atoms with Gasteiger partial charge in [-0.2, -0.15) is 0 Å². The summed E-state index contributed by atoms with van der Waals surface area (Å²) in [5, 5.41) is 10.1. The molecule has 0 rings (SSSR count). The summed E-state index contributed by atoms with van der Waals surface area (Å²) < 4.78 is 0. The summed E-state index contributed by atoms with van der Waals surface area (Å²) in [4.78, 5) is 12.7. The quantitative estimate of drug-likeness (QED) is 0.742. The molecule has 1 amide bonds. The minimum Gasteiger partial charge on any atom is -0.389 e. The summed E-state index contributed by atoms with van der Waals surface area (Å²) in [6, 6.07) is 0. The molecule has 0 aliphatic heterocycles. The molecule has 12 heavy (non-hydrogen) atoms. The molecule has 0 aromatic rings. The molecule has 0 saturated carbocycles. The van der Waals surface area contributed by atoms with Crippen LogP contribution in [-0.2, 0) is 4.79 Å². The van der Waals surface area contributed by atoms with Gasteiger partial charge in [0.1, 0.15) is 0 Å². The Kier molecular flexibility index (Phi) is 4.78. The Bertz CT molecular complexity index is 154. The second-order valence-electron chi connectivity index (χ2n) is 3.50. The average Bonchev–Trinajstić information content (AvgIpc) is 1.84. The molecule has 72 valence electrons. The van der Waals surface area contributed by atoms with Gasteiger partial charge >= 0.3 is 0 Å². The van der Waals surface area contributed by atoms with Crippen molar-refractivity contribution in [1.29, 1.82) is 0 Å². The molecule has 0 saturated heterocycles. The summed E-state index contributed by atoms with van der Waals surface area (Å²) >= 11 is 3.19. The van der Waals surface area contributed by atoms with Crippen LogP contribution in [0, 0.1) is 0 Å². The standard InChI is InChI=1S/C8H16BrNO2/c1-8(2,12)6-10(3)7(11)4-5-9/h12H,4-6H2,1-3H3. The van der Waals surface area contributed by atoms with Gasteiger partial charge in [0.15, 0.2) is 0 Å². The first-order valence-corrected chi connectivity index (χ1v) is 5.01. The van der Waals surface area contributed by atoms with Crippen molar-refractivity contribution >= 4 is 21.8 Å². The molecule has 0 aromatic heterocycles. The van der Waals surface area contributed by atoms with Crippen molar-refractivity contribution in [3.63, 3.8) is 0 Å². The van der Waals surface area contributed by atoms with E-state index in [1.165, 1.54) is 0 Å². The van der Waals surface area contributed by atoms with E-state index in [1.807, 2.05) is 0 Å². The first kappa shape index (κ1) is 11.9. The molecular weight excluding hydrogens is 222 g/mol. The van der Waals surface area contributed by atoms with Crippen LogP contribution in [0.5, 0.6) is 0 Å². The van der Waals surface area contributed by atoms with Crippen LogP contribution in [0.4, 0.5) is 0 Å². The summed E-state index contributed by atoms with van der Waals surface area (Å²) in [6.07, 6.45) is 0.479. The van der Waals surface area contributed by atoms with E-state index in [2.05, 4.69) is 15.9 Å². The Balaban J connectivity index is 3.87. The predicted octanol–water partition coefficient (Wildman–Crippen LogP) is 1.00. The maximum Gasteiger partial charge on any atom is 0.223 e. The van der Waals surface area contributed by atoms with Crippen molar-refractivity contribution < 1.29 is 9.90 Å². The van der Waals surface area contributed by atoms with Crippen LogP contribution < -0.4 is 0 Å². The normalized spacial score (nSPS) is 11.4. The zero-order chi connectivity index (χ0) is 9.78. The van der Waals surface area contributed by atoms with Gasteiger partial charge in [-0.05, 0) is 13.8 Å². The number of nitrogens with zero attached hydrogens (tertiary/aromatic N) is 1. The highest BCUT2D eigenvalue weighted by molar-refractivity contribution is 9.09. The second-order valence-corrected chi connectivity index (χ2v) is 4.29. The van der Waals surface area contributed by atoms with Crippen molar-refractivity contribution in [3.8, 4) is 0 Å². The highest BCUT2D eigenvalue weighted by atomic mass is 79.9. The molecule has 0 bridgehead atoms. The number of aliphatic hydroxyl groups is 1. The Morgan fingerprint density at radius 3 is 2.42 bits per heavy atom. The number of amides is 1. The molecule has 4 heteroatoms. The van der Waals surface area contributed by atoms with Crippen LogP contribution in [0.25, 0.3) is 0 Å². The Hall–Kier alpha value is -0.0900. The number of hydrogen-bond acceptors (Lipinski definition) is 2. The average molecular weight is 238 g/mol. The van der Waals surface area contributed by atoms with E-state index >= 15 is 0 Å². The third kappa shape index (κ3) is 5.55. The van der Waals surface area contributed by atoms with Crippen LogP contribution in [-0.4, -0.2) is 40.4 Å². The molecule has 3 nitrogen and oxygen atoms in total. The third-order valence-corrected chi connectivity index (χ3v) is 1.75. The molecular formula is C8H16BrNO2. The molecule has 0 radical (unpaired) electrons. The summed E-state index contributed by atoms with van der Waals surface area (Å²) in [6.45, 7) is 3.74. The van der Waals surface area contributed by atoms with Gasteiger partial charge in [0.25, 0.3) is 0 Å². The molecule has 0 aliphatic rings. The predicted molar refractivity (Wildman–Crippen MR) is 52.3 cm³/mol. The lowest BCUT2D eigenvalue weighted by Gasteiger charge is -2.25. The number of halogens is 1. The van der Waals surface area contributed by atoms with Gasteiger partial charge < -0.3 is 10.0 Å². The second kappa shape index (κ2) is 4.82. The number of rotatable bonds is 4. The highest BCUT2D eigenvalue weighted by Gasteiger charge is 2.18. The fourth-order valence-corrected chi connectivity index (χ4v) is 1.28. The van der Waals surface area contributed by atoms with Crippen molar-refractivity contribution in [1.82, 2.24) is 4.90 Å².